The number of benzene rings is 2. The number of ether oxygens (including phenoxy) is 2. The van der Waals surface area contributed by atoms with Crippen molar-refractivity contribution in [2.24, 2.45) is 0 Å². The van der Waals surface area contributed by atoms with Crippen molar-refractivity contribution in [1.29, 1.82) is 0 Å². The highest BCUT2D eigenvalue weighted by atomic mass is 32.2. The first-order valence-electron chi connectivity index (χ1n) is 11.8. The maximum absolute atomic E-state index is 13.7. The van der Waals surface area contributed by atoms with E-state index in [2.05, 4.69) is 4.90 Å². The van der Waals surface area contributed by atoms with Gasteiger partial charge in [0.05, 0.1) is 29.9 Å². The van der Waals surface area contributed by atoms with Crippen molar-refractivity contribution in [2.45, 2.75) is 18.2 Å². The molecule has 1 aliphatic rings. The summed E-state index contributed by atoms with van der Waals surface area (Å²) in [5.41, 5.74) is 2.20. The van der Waals surface area contributed by atoms with Crippen LogP contribution >= 0.6 is 11.3 Å². The number of fused-ring (bicyclic) bond motifs is 1. The number of amides is 1. The van der Waals surface area contributed by atoms with Gasteiger partial charge in [-0.25, -0.2) is 13.4 Å². The summed E-state index contributed by atoms with van der Waals surface area (Å²) >= 11 is 1.46. The Hall–Kier alpha value is -2.57. The third-order valence-electron chi connectivity index (χ3n) is 6.08. The minimum Gasteiger partial charge on any atom is -0.494 e. The number of anilines is 1. The van der Waals surface area contributed by atoms with Crippen LogP contribution in [-0.4, -0.2) is 89.1 Å². The van der Waals surface area contributed by atoms with Crippen LogP contribution in [-0.2, 0) is 14.8 Å². The normalized spacial score (nSPS) is 14.9. The number of nitrogens with zero attached hydrogens (tertiary/aromatic N) is 4. The zero-order valence-electron chi connectivity index (χ0n) is 21.1. The van der Waals surface area contributed by atoms with E-state index in [4.69, 9.17) is 14.5 Å². The van der Waals surface area contributed by atoms with Crippen LogP contribution in [0, 0.1) is 6.92 Å². The number of methoxy groups -OCH3 is 1. The van der Waals surface area contributed by atoms with Gasteiger partial charge in [0, 0.05) is 25.2 Å². The predicted octanol–water partition coefficient (Wildman–Crippen LogP) is 3.23. The van der Waals surface area contributed by atoms with E-state index >= 15 is 0 Å². The van der Waals surface area contributed by atoms with Crippen LogP contribution in [0.2, 0.25) is 0 Å². The Kier molecular flexibility index (Phi) is 8.26. The third-order valence-corrected chi connectivity index (χ3v) is 9.21. The molecule has 2 aromatic carbocycles. The number of aryl methyl sites for hydroxylation is 1. The van der Waals surface area contributed by atoms with Gasteiger partial charge in [-0.1, -0.05) is 17.4 Å². The highest BCUT2D eigenvalue weighted by molar-refractivity contribution is 7.89. The maximum atomic E-state index is 13.7. The second kappa shape index (κ2) is 11.2. The minimum absolute atomic E-state index is 0.167. The molecule has 0 bridgehead atoms. The van der Waals surface area contributed by atoms with Gasteiger partial charge in [0.1, 0.15) is 11.3 Å². The summed E-state index contributed by atoms with van der Waals surface area (Å²) < 4.78 is 39.1. The molecule has 1 fully saturated rings. The first-order chi connectivity index (χ1) is 17.2. The molecule has 0 saturated carbocycles. The first-order valence-corrected chi connectivity index (χ1v) is 14.1. The SMILES string of the molecule is COc1ccc(C)c2sc(N(CCCN(C)C)C(=O)c3ccc(S(=O)(=O)N4CCOCC4)cc3)nc12. The van der Waals surface area contributed by atoms with Gasteiger partial charge in [-0.2, -0.15) is 4.31 Å². The molecule has 0 N–H and O–H groups in total. The Bertz CT molecular complexity index is 1320. The lowest BCUT2D eigenvalue weighted by molar-refractivity contribution is 0.0730. The van der Waals surface area contributed by atoms with Gasteiger partial charge in [-0.15, -0.1) is 0 Å². The van der Waals surface area contributed by atoms with Crippen LogP contribution in [0.5, 0.6) is 5.75 Å². The van der Waals surface area contributed by atoms with E-state index in [-0.39, 0.29) is 10.8 Å². The fourth-order valence-corrected chi connectivity index (χ4v) is 6.55. The van der Waals surface area contributed by atoms with Crippen LogP contribution in [0.1, 0.15) is 22.3 Å². The van der Waals surface area contributed by atoms with Crippen molar-refractivity contribution < 1.29 is 22.7 Å². The molecular formula is C25H32N4O5S2. The molecule has 3 aromatic rings. The molecule has 0 spiro atoms. The van der Waals surface area contributed by atoms with Gasteiger partial charge in [-0.05, 0) is 69.9 Å². The Morgan fingerprint density at radius 2 is 1.81 bits per heavy atom. The molecule has 1 aliphatic heterocycles. The second-order valence-electron chi connectivity index (χ2n) is 8.91. The molecule has 0 radical (unpaired) electrons. The number of carbonyl (C=O) groups excluding carboxylic acids is 1. The van der Waals surface area contributed by atoms with Crippen molar-refractivity contribution in [1.82, 2.24) is 14.2 Å². The summed E-state index contributed by atoms with van der Waals surface area (Å²) in [6.07, 6.45) is 0.758. The summed E-state index contributed by atoms with van der Waals surface area (Å²) in [7, 11) is 1.96. The summed E-state index contributed by atoms with van der Waals surface area (Å²) in [6, 6.07) is 10.0. The number of hydrogen-bond acceptors (Lipinski definition) is 8. The highest BCUT2D eigenvalue weighted by Gasteiger charge is 2.27. The number of rotatable bonds is 9. The van der Waals surface area contributed by atoms with E-state index in [1.807, 2.05) is 33.2 Å². The quantitative estimate of drug-likeness (QED) is 0.418. The van der Waals surface area contributed by atoms with Gasteiger partial charge in [0.15, 0.2) is 5.13 Å². The molecule has 2 heterocycles. The number of hydrogen-bond donors (Lipinski definition) is 0. The number of aromatic nitrogens is 1. The van der Waals surface area contributed by atoms with Crippen LogP contribution in [0.4, 0.5) is 5.13 Å². The lowest BCUT2D eigenvalue weighted by Gasteiger charge is -2.26. The monoisotopic (exact) mass is 532 g/mol. The van der Waals surface area contributed by atoms with Crippen molar-refractivity contribution >= 4 is 42.6 Å². The number of morpholine rings is 1. The van der Waals surface area contributed by atoms with Gasteiger partial charge in [0.25, 0.3) is 5.91 Å². The molecule has 0 aliphatic carbocycles. The van der Waals surface area contributed by atoms with Gasteiger partial charge in [-0.3, -0.25) is 9.69 Å². The van der Waals surface area contributed by atoms with E-state index in [1.165, 1.54) is 27.8 Å². The lowest BCUT2D eigenvalue weighted by Crippen LogP contribution is -2.40. The zero-order valence-corrected chi connectivity index (χ0v) is 22.7. The van der Waals surface area contributed by atoms with Crippen molar-refractivity contribution in [3.63, 3.8) is 0 Å². The van der Waals surface area contributed by atoms with Gasteiger partial charge >= 0.3 is 0 Å². The topological polar surface area (TPSA) is 92.3 Å². The standard InChI is InChI=1S/C25H32N4O5S2/c1-18-6-11-21(33-4)22-23(18)35-25(26-22)29(13-5-12-27(2)3)24(30)19-7-9-20(10-8-19)36(31,32)28-14-16-34-17-15-28/h6-11H,5,12-17H2,1-4H3. The minimum atomic E-state index is -3.63. The van der Waals surface area contributed by atoms with Crippen LogP contribution in [0.15, 0.2) is 41.3 Å². The van der Waals surface area contributed by atoms with E-state index in [0.717, 1.165) is 28.7 Å². The Labute approximate surface area is 216 Å². The molecule has 11 heteroatoms. The first kappa shape index (κ1) is 26.5. The van der Waals surface area contributed by atoms with Crippen LogP contribution in [0.25, 0.3) is 10.2 Å². The Morgan fingerprint density at radius 1 is 1.11 bits per heavy atom. The molecule has 0 atom stereocenters. The largest absolute Gasteiger partial charge is 0.494 e. The molecule has 1 amide bonds. The predicted molar refractivity (Wildman–Crippen MR) is 142 cm³/mol. The molecule has 0 unspecified atom stereocenters. The summed E-state index contributed by atoms with van der Waals surface area (Å²) in [6.45, 7) is 4.70. The molecule has 9 nitrogen and oxygen atoms in total. The van der Waals surface area contributed by atoms with Gasteiger partial charge < -0.3 is 14.4 Å². The summed E-state index contributed by atoms with van der Waals surface area (Å²) in [5, 5.41) is 0.589. The lowest BCUT2D eigenvalue weighted by atomic mass is 10.2. The van der Waals surface area contributed by atoms with Crippen molar-refractivity contribution in [3.8, 4) is 5.75 Å². The average Bonchev–Trinajstić information content (AvgIpc) is 3.33. The molecule has 1 saturated heterocycles. The highest BCUT2D eigenvalue weighted by Crippen LogP contribution is 2.37. The summed E-state index contributed by atoms with van der Waals surface area (Å²) in [4.78, 5) is 22.4. The van der Waals surface area contributed by atoms with E-state index in [1.54, 1.807) is 24.1 Å². The summed E-state index contributed by atoms with van der Waals surface area (Å²) in [5.74, 6) is 0.441. The molecule has 194 valence electrons. The molecule has 1 aromatic heterocycles. The molecular weight excluding hydrogens is 500 g/mol. The fourth-order valence-electron chi connectivity index (χ4n) is 4.07. The number of thiazole rings is 1. The van der Waals surface area contributed by atoms with E-state index in [0.29, 0.717) is 49.3 Å². The fraction of sp³-hybridized carbons (Fsp3) is 0.440. The van der Waals surface area contributed by atoms with Gasteiger partial charge in [0.2, 0.25) is 10.0 Å². The molecule has 4 rings (SSSR count). The van der Waals surface area contributed by atoms with E-state index in [9.17, 15) is 13.2 Å². The number of sulfonamides is 1. The van der Waals surface area contributed by atoms with Crippen LogP contribution < -0.4 is 9.64 Å². The van der Waals surface area contributed by atoms with E-state index < -0.39 is 10.0 Å². The Morgan fingerprint density at radius 3 is 2.44 bits per heavy atom. The van der Waals surface area contributed by atoms with Crippen molar-refractivity contribution in [3.05, 3.63) is 47.5 Å². The molecule has 36 heavy (non-hydrogen) atoms. The Balaban J connectivity index is 1.64. The smallest absolute Gasteiger partial charge is 0.260 e. The van der Waals surface area contributed by atoms with Crippen molar-refractivity contribution in [2.75, 3.05) is 65.5 Å². The second-order valence-corrected chi connectivity index (χ2v) is 11.8. The average molecular weight is 533 g/mol. The zero-order chi connectivity index (χ0) is 25.9. The number of carbonyl (C=O) groups is 1. The van der Waals surface area contributed by atoms with Crippen LogP contribution in [0.3, 0.4) is 0 Å². The maximum Gasteiger partial charge on any atom is 0.260 e. The third kappa shape index (κ3) is 5.55.